The number of hydrogen-bond acceptors (Lipinski definition) is 3. The SMILES string of the molecule is Cc1ccc(C(C)NC(=O)COCC(=O)O)cc1F. The Bertz CT molecular complexity index is 476. The number of halogens is 1. The average Bonchev–Trinajstić information content (AvgIpc) is 2.32. The van der Waals surface area contributed by atoms with Gasteiger partial charge >= 0.3 is 5.97 Å². The first-order valence-electron chi connectivity index (χ1n) is 5.75. The number of rotatable bonds is 6. The Morgan fingerprint density at radius 1 is 1.42 bits per heavy atom. The smallest absolute Gasteiger partial charge is 0.329 e. The van der Waals surface area contributed by atoms with Gasteiger partial charge in [0.1, 0.15) is 19.0 Å². The van der Waals surface area contributed by atoms with E-state index in [4.69, 9.17) is 5.11 Å². The molecule has 1 aromatic rings. The number of aliphatic carboxylic acids is 1. The van der Waals surface area contributed by atoms with E-state index in [0.29, 0.717) is 11.1 Å². The van der Waals surface area contributed by atoms with Gasteiger partial charge in [-0.2, -0.15) is 0 Å². The molecule has 0 aliphatic heterocycles. The van der Waals surface area contributed by atoms with Crippen LogP contribution in [-0.4, -0.2) is 30.2 Å². The molecule has 0 saturated heterocycles. The van der Waals surface area contributed by atoms with Crippen molar-refractivity contribution in [2.24, 2.45) is 0 Å². The predicted molar refractivity (Wildman–Crippen MR) is 66.1 cm³/mol. The molecule has 1 rings (SSSR count). The second kappa shape index (κ2) is 6.84. The van der Waals surface area contributed by atoms with Gasteiger partial charge in [-0.1, -0.05) is 12.1 Å². The summed E-state index contributed by atoms with van der Waals surface area (Å²) in [7, 11) is 0. The van der Waals surface area contributed by atoms with Crippen LogP contribution in [0.3, 0.4) is 0 Å². The highest BCUT2D eigenvalue weighted by molar-refractivity contribution is 5.78. The third-order valence-electron chi connectivity index (χ3n) is 2.53. The van der Waals surface area contributed by atoms with Gasteiger partial charge in [0.25, 0.3) is 0 Å². The number of amides is 1. The van der Waals surface area contributed by atoms with Crippen LogP contribution in [0.15, 0.2) is 18.2 Å². The molecule has 0 saturated carbocycles. The first kappa shape index (κ1) is 15.1. The molecule has 0 heterocycles. The Morgan fingerprint density at radius 2 is 2.11 bits per heavy atom. The van der Waals surface area contributed by atoms with E-state index in [-0.39, 0.29) is 18.5 Å². The lowest BCUT2D eigenvalue weighted by molar-refractivity contribution is -0.143. The van der Waals surface area contributed by atoms with Crippen LogP contribution in [-0.2, 0) is 14.3 Å². The van der Waals surface area contributed by atoms with Crippen LogP contribution in [0.5, 0.6) is 0 Å². The van der Waals surface area contributed by atoms with E-state index < -0.39 is 18.5 Å². The Hall–Kier alpha value is -1.95. The van der Waals surface area contributed by atoms with E-state index in [1.54, 1.807) is 26.0 Å². The summed E-state index contributed by atoms with van der Waals surface area (Å²) in [6.07, 6.45) is 0. The van der Waals surface area contributed by atoms with Crippen molar-refractivity contribution in [3.05, 3.63) is 35.1 Å². The number of ether oxygens (including phenoxy) is 1. The minimum absolute atomic E-state index is 0.333. The molecule has 0 fully saturated rings. The summed E-state index contributed by atoms with van der Waals surface area (Å²) in [5, 5.41) is 10.9. The fourth-order valence-electron chi connectivity index (χ4n) is 1.48. The summed E-state index contributed by atoms with van der Waals surface area (Å²) in [5.41, 5.74) is 1.17. The Morgan fingerprint density at radius 3 is 2.68 bits per heavy atom. The normalized spacial score (nSPS) is 11.9. The van der Waals surface area contributed by atoms with Gasteiger partial charge in [-0.3, -0.25) is 4.79 Å². The van der Waals surface area contributed by atoms with E-state index in [0.717, 1.165) is 0 Å². The van der Waals surface area contributed by atoms with Gasteiger partial charge in [-0.25, -0.2) is 9.18 Å². The van der Waals surface area contributed by atoms with E-state index >= 15 is 0 Å². The molecule has 0 aliphatic carbocycles. The summed E-state index contributed by atoms with van der Waals surface area (Å²) in [6, 6.07) is 4.34. The number of carbonyl (C=O) groups excluding carboxylic acids is 1. The van der Waals surface area contributed by atoms with Gasteiger partial charge in [0.15, 0.2) is 0 Å². The molecule has 0 aromatic heterocycles. The van der Waals surface area contributed by atoms with Crippen molar-refractivity contribution < 1.29 is 23.8 Å². The molecular weight excluding hydrogens is 253 g/mol. The molecule has 6 heteroatoms. The van der Waals surface area contributed by atoms with E-state index in [9.17, 15) is 14.0 Å². The molecule has 19 heavy (non-hydrogen) atoms. The molecule has 0 bridgehead atoms. The standard InChI is InChI=1S/C13H16FNO4/c1-8-3-4-10(5-11(8)14)9(2)15-12(16)6-19-7-13(17)18/h3-5,9H,6-7H2,1-2H3,(H,15,16)(H,17,18). The second-order valence-electron chi connectivity index (χ2n) is 4.18. The first-order valence-corrected chi connectivity index (χ1v) is 5.75. The monoisotopic (exact) mass is 269 g/mol. The lowest BCUT2D eigenvalue weighted by Crippen LogP contribution is -2.31. The van der Waals surface area contributed by atoms with Gasteiger partial charge in [0, 0.05) is 0 Å². The summed E-state index contributed by atoms with van der Waals surface area (Å²) >= 11 is 0. The Labute approximate surface area is 110 Å². The van der Waals surface area contributed by atoms with Crippen LogP contribution in [0, 0.1) is 12.7 Å². The molecule has 1 unspecified atom stereocenters. The topological polar surface area (TPSA) is 75.6 Å². The largest absolute Gasteiger partial charge is 0.480 e. The molecule has 0 aliphatic rings. The highest BCUT2D eigenvalue weighted by Gasteiger charge is 2.11. The highest BCUT2D eigenvalue weighted by atomic mass is 19.1. The predicted octanol–water partition coefficient (Wildman–Crippen LogP) is 1.41. The molecule has 1 atom stereocenters. The molecule has 2 N–H and O–H groups in total. The number of aryl methyl sites for hydroxylation is 1. The summed E-state index contributed by atoms with van der Waals surface area (Å²) < 4.78 is 18.0. The average molecular weight is 269 g/mol. The van der Waals surface area contributed by atoms with Crippen LogP contribution >= 0.6 is 0 Å². The lowest BCUT2D eigenvalue weighted by Gasteiger charge is -2.14. The summed E-state index contributed by atoms with van der Waals surface area (Å²) in [4.78, 5) is 21.6. The zero-order valence-electron chi connectivity index (χ0n) is 10.8. The van der Waals surface area contributed by atoms with Gasteiger partial charge in [-0.15, -0.1) is 0 Å². The van der Waals surface area contributed by atoms with Crippen molar-refractivity contribution in [1.82, 2.24) is 5.32 Å². The molecular formula is C13H16FNO4. The molecule has 5 nitrogen and oxygen atoms in total. The van der Waals surface area contributed by atoms with Crippen molar-refractivity contribution in [3.8, 4) is 0 Å². The lowest BCUT2D eigenvalue weighted by atomic mass is 10.1. The van der Waals surface area contributed by atoms with Gasteiger partial charge in [0.2, 0.25) is 5.91 Å². The van der Waals surface area contributed by atoms with Crippen LogP contribution < -0.4 is 5.32 Å². The molecule has 0 spiro atoms. The maximum Gasteiger partial charge on any atom is 0.329 e. The number of carbonyl (C=O) groups is 2. The minimum atomic E-state index is -1.14. The van der Waals surface area contributed by atoms with Crippen molar-refractivity contribution in [2.75, 3.05) is 13.2 Å². The van der Waals surface area contributed by atoms with E-state index in [1.165, 1.54) is 6.07 Å². The maximum atomic E-state index is 13.4. The second-order valence-corrected chi connectivity index (χ2v) is 4.18. The van der Waals surface area contributed by atoms with Crippen LogP contribution in [0.4, 0.5) is 4.39 Å². The summed E-state index contributed by atoms with van der Waals surface area (Å²) in [6.45, 7) is 2.49. The van der Waals surface area contributed by atoms with Crippen LogP contribution in [0.25, 0.3) is 0 Å². The molecule has 0 radical (unpaired) electrons. The number of hydrogen-bond donors (Lipinski definition) is 2. The zero-order valence-corrected chi connectivity index (χ0v) is 10.8. The highest BCUT2D eigenvalue weighted by Crippen LogP contribution is 2.16. The number of nitrogens with one attached hydrogen (secondary N) is 1. The van der Waals surface area contributed by atoms with Crippen LogP contribution in [0.2, 0.25) is 0 Å². The Kier molecular flexibility index (Phi) is 5.44. The first-order chi connectivity index (χ1) is 8.90. The van der Waals surface area contributed by atoms with Crippen molar-refractivity contribution in [1.29, 1.82) is 0 Å². The fourth-order valence-corrected chi connectivity index (χ4v) is 1.48. The van der Waals surface area contributed by atoms with Crippen molar-refractivity contribution >= 4 is 11.9 Å². The van der Waals surface area contributed by atoms with E-state index in [1.807, 2.05) is 0 Å². The number of carboxylic acids is 1. The van der Waals surface area contributed by atoms with Crippen molar-refractivity contribution in [2.45, 2.75) is 19.9 Å². The summed E-state index contributed by atoms with van der Waals surface area (Å²) in [5.74, 6) is -1.92. The fraction of sp³-hybridized carbons (Fsp3) is 0.385. The molecule has 1 aromatic carbocycles. The van der Waals surface area contributed by atoms with Gasteiger partial charge in [0.05, 0.1) is 6.04 Å². The van der Waals surface area contributed by atoms with Crippen molar-refractivity contribution in [3.63, 3.8) is 0 Å². The van der Waals surface area contributed by atoms with E-state index in [2.05, 4.69) is 10.1 Å². The number of benzene rings is 1. The van der Waals surface area contributed by atoms with Crippen LogP contribution in [0.1, 0.15) is 24.1 Å². The number of carboxylic acid groups (broad SMARTS) is 1. The van der Waals surface area contributed by atoms with Gasteiger partial charge in [-0.05, 0) is 31.0 Å². The Balaban J connectivity index is 2.49. The zero-order chi connectivity index (χ0) is 14.4. The molecule has 104 valence electrons. The van der Waals surface area contributed by atoms with Gasteiger partial charge < -0.3 is 15.2 Å². The third kappa shape index (κ3) is 5.05. The molecule has 1 amide bonds. The maximum absolute atomic E-state index is 13.4. The quantitative estimate of drug-likeness (QED) is 0.818. The minimum Gasteiger partial charge on any atom is -0.480 e. The third-order valence-corrected chi connectivity index (χ3v) is 2.53.